The zero-order valence-corrected chi connectivity index (χ0v) is 15.5. The molecule has 0 fully saturated rings. The van der Waals surface area contributed by atoms with Gasteiger partial charge in [0.1, 0.15) is 23.7 Å². The molecule has 0 amide bonds. The Morgan fingerprint density at radius 1 is 0.815 bits per heavy atom. The number of benzene rings is 3. The molecule has 4 rings (SSSR count). The average molecular weight is 360 g/mol. The van der Waals surface area contributed by atoms with Gasteiger partial charge in [-0.2, -0.15) is 0 Å². The van der Waals surface area contributed by atoms with Crippen molar-refractivity contribution in [2.24, 2.45) is 0 Å². The minimum absolute atomic E-state index is 0.386. The Morgan fingerprint density at radius 3 is 2.26 bits per heavy atom. The van der Waals surface area contributed by atoms with Gasteiger partial charge in [0.05, 0.1) is 12.5 Å². The van der Waals surface area contributed by atoms with Crippen LogP contribution in [0.15, 0.2) is 63.8 Å². The van der Waals surface area contributed by atoms with Crippen LogP contribution in [0.3, 0.4) is 0 Å². The number of methoxy groups -OCH3 is 1. The maximum atomic E-state index is 12.4. The van der Waals surface area contributed by atoms with Crippen LogP contribution < -0.4 is 15.1 Å². The van der Waals surface area contributed by atoms with Crippen LogP contribution in [0, 0.1) is 13.8 Å². The van der Waals surface area contributed by atoms with E-state index in [9.17, 15) is 4.79 Å². The van der Waals surface area contributed by atoms with Crippen molar-refractivity contribution in [2.45, 2.75) is 20.5 Å². The van der Waals surface area contributed by atoms with Crippen molar-refractivity contribution < 1.29 is 13.9 Å². The van der Waals surface area contributed by atoms with Gasteiger partial charge < -0.3 is 13.9 Å². The van der Waals surface area contributed by atoms with Gasteiger partial charge in [-0.15, -0.1) is 0 Å². The number of ether oxygens (including phenoxy) is 2. The van der Waals surface area contributed by atoms with E-state index in [1.807, 2.05) is 24.3 Å². The largest absolute Gasteiger partial charge is 0.497 e. The maximum absolute atomic E-state index is 12.4. The van der Waals surface area contributed by atoms with Crippen LogP contribution in [0.25, 0.3) is 21.7 Å². The number of aryl methyl sites for hydroxylation is 2. The molecule has 0 aliphatic rings. The molecule has 0 aliphatic heterocycles. The lowest BCUT2D eigenvalue weighted by Crippen LogP contribution is -2.01. The van der Waals surface area contributed by atoms with E-state index in [-0.39, 0.29) is 5.63 Å². The minimum Gasteiger partial charge on any atom is -0.497 e. The number of hydrogen-bond acceptors (Lipinski definition) is 4. The summed E-state index contributed by atoms with van der Waals surface area (Å²) in [4.78, 5) is 12.4. The summed E-state index contributed by atoms with van der Waals surface area (Å²) in [6, 6.07) is 17.3. The summed E-state index contributed by atoms with van der Waals surface area (Å²) in [5.41, 5.74) is 3.65. The molecule has 0 saturated carbocycles. The molecule has 1 heterocycles. The van der Waals surface area contributed by atoms with Crippen LogP contribution in [-0.4, -0.2) is 7.11 Å². The highest BCUT2D eigenvalue weighted by molar-refractivity contribution is 6.04. The summed E-state index contributed by atoms with van der Waals surface area (Å²) in [7, 11) is 1.57. The Labute approximate surface area is 157 Å². The van der Waals surface area contributed by atoms with Gasteiger partial charge in [0, 0.05) is 16.8 Å². The summed E-state index contributed by atoms with van der Waals surface area (Å²) in [6.07, 6.45) is 0. The quantitative estimate of drug-likeness (QED) is 0.373. The molecule has 27 heavy (non-hydrogen) atoms. The third kappa shape index (κ3) is 3.38. The summed E-state index contributed by atoms with van der Waals surface area (Å²) >= 11 is 0. The lowest BCUT2D eigenvalue weighted by Gasteiger charge is -2.10. The van der Waals surface area contributed by atoms with Crippen molar-refractivity contribution in [1.82, 2.24) is 0 Å². The van der Waals surface area contributed by atoms with Gasteiger partial charge in [-0.3, -0.25) is 0 Å². The smallest absolute Gasteiger partial charge is 0.344 e. The third-order valence-corrected chi connectivity index (χ3v) is 4.58. The van der Waals surface area contributed by atoms with Gasteiger partial charge in [0.25, 0.3) is 0 Å². The van der Waals surface area contributed by atoms with E-state index in [0.29, 0.717) is 29.1 Å². The van der Waals surface area contributed by atoms with Gasteiger partial charge in [0.2, 0.25) is 0 Å². The standard InChI is InChI=1S/C23H20O4/c1-14-8-15(2)10-16(9-14)13-26-18-5-7-20-19-6-4-17(25-3)11-21(19)23(24)27-22(20)12-18/h4-12H,13H2,1-3H3. The number of rotatable bonds is 4. The molecule has 0 aliphatic carbocycles. The summed E-state index contributed by atoms with van der Waals surface area (Å²) < 4.78 is 16.6. The average Bonchev–Trinajstić information content (AvgIpc) is 2.65. The van der Waals surface area contributed by atoms with Crippen molar-refractivity contribution in [3.05, 3.63) is 81.7 Å². The van der Waals surface area contributed by atoms with Gasteiger partial charge in [-0.05, 0) is 49.7 Å². The molecule has 4 aromatic rings. The molecule has 4 nitrogen and oxygen atoms in total. The monoisotopic (exact) mass is 360 g/mol. The fourth-order valence-electron chi connectivity index (χ4n) is 3.43. The zero-order valence-electron chi connectivity index (χ0n) is 15.5. The van der Waals surface area contributed by atoms with Crippen molar-refractivity contribution in [3.63, 3.8) is 0 Å². The van der Waals surface area contributed by atoms with E-state index in [2.05, 4.69) is 32.0 Å². The molecule has 0 radical (unpaired) electrons. The Hall–Kier alpha value is -3.27. The normalized spacial score (nSPS) is 11.1. The molecule has 0 saturated heterocycles. The van der Waals surface area contributed by atoms with Crippen molar-refractivity contribution >= 4 is 21.7 Å². The number of fused-ring (bicyclic) bond motifs is 3. The second-order valence-corrected chi connectivity index (χ2v) is 6.74. The first-order valence-electron chi connectivity index (χ1n) is 8.78. The van der Waals surface area contributed by atoms with Gasteiger partial charge in [0.15, 0.2) is 0 Å². The topological polar surface area (TPSA) is 48.7 Å². The summed E-state index contributed by atoms with van der Waals surface area (Å²) in [6.45, 7) is 4.60. The SMILES string of the molecule is COc1ccc2c(c1)c(=O)oc1cc(OCc3cc(C)cc(C)c3)ccc12. The van der Waals surface area contributed by atoms with E-state index < -0.39 is 0 Å². The van der Waals surface area contributed by atoms with E-state index in [0.717, 1.165) is 16.3 Å². The molecule has 0 spiro atoms. The van der Waals surface area contributed by atoms with Gasteiger partial charge >= 0.3 is 5.63 Å². The molecule has 4 heteroatoms. The fraction of sp³-hybridized carbons (Fsp3) is 0.174. The predicted octanol–water partition coefficient (Wildman–Crippen LogP) is 5.15. The lowest BCUT2D eigenvalue weighted by molar-refractivity contribution is 0.306. The Bertz CT molecular complexity index is 1180. The summed E-state index contributed by atoms with van der Waals surface area (Å²) in [5.74, 6) is 1.29. The molecule has 1 aromatic heterocycles. The molecular formula is C23H20O4. The van der Waals surface area contributed by atoms with Crippen LogP contribution in [0.1, 0.15) is 16.7 Å². The molecule has 0 bridgehead atoms. The highest BCUT2D eigenvalue weighted by Crippen LogP contribution is 2.28. The Balaban J connectivity index is 1.70. The Morgan fingerprint density at radius 2 is 1.52 bits per heavy atom. The highest BCUT2D eigenvalue weighted by Gasteiger charge is 2.10. The van der Waals surface area contributed by atoms with Gasteiger partial charge in [-0.1, -0.05) is 29.3 Å². The van der Waals surface area contributed by atoms with Crippen LogP contribution in [-0.2, 0) is 6.61 Å². The van der Waals surface area contributed by atoms with E-state index in [4.69, 9.17) is 13.9 Å². The maximum Gasteiger partial charge on any atom is 0.344 e. The van der Waals surface area contributed by atoms with Crippen molar-refractivity contribution in [2.75, 3.05) is 7.11 Å². The number of hydrogen-bond donors (Lipinski definition) is 0. The molecule has 3 aromatic carbocycles. The second-order valence-electron chi connectivity index (χ2n) is 6.74. The molecule has 136 valence electrons. The van der Waals surface area contributed by atoms with Crippen molar-refractivity contribution in [3.8, 4) is 11.5 Å². The van der Waals surface area contributed by atoms with Crippen LogP contribution >= 0.6 is 0 Å². The van der Waals surface area contributed by atoms with Crippen LogP contribution in [0.5, 0.6) is 11.5 Å². The first kappa shape index (κ1) is 17.2. The minimum atomic E-state index is -0.386. The summed E-state index contributed by atoms with van der Waals surface area (Å²) in [5, 5.41) is 2.21. The molecule has 0 atom stereocenters. The first-order valence-corrected chi connectivity index (χ1v) is 8.78. The fourth-order valence-corrected chi connectivity index (χ4v) is 3.43. The van der Waals surface area contributed by atoms with Crippen LogP contribution in [0.2, 0.25) is 0 Å². The van der Waals surface area contributed by atoms with Gasteiger partial charge in [-0.25, -0.2) is 4.79 Å². The lowest BCUT2D eigenvalue weighted by atomic mass is 10.1. The second kappa shape index (κ2) is 6.80. The van der Waals surface area contributed by atoms with Crippen molar-refractivity contribution in [1.29, 1.82) is 0 Å². The van der Waals surface area contributed by atoms with E-state index in [1.54, 1.807) is 19.2 Å². The zero-order chi connectivity index (χ0) is 19.0. The Kier molecular flexibility index (Phi) is 4.32. The van der Waals surface area contributed by atoms with E-state index >= 15 is 0 Å². The highest BCUT2D eigenvalue weighted by atomic mass is 16.5. The van der Waals surface area contributed by atoms with Crippen LogP contribution in [0.4, 0.5) is 0 Å². The molecular weight excluding hydrogens is 340 g/mol. The first-order chi connectivity index (χ1) is 13.0. The molecule has 0 N–H and O–H groups in total. The van der Waals surface area contributed by atoms with E-state index in [1.165, 1.54) is 11.1 Å². The third-order valence-electron chi connectivity index (χ3n) is 4.58. The molecule has 0 unspecified atom stereocenters. The predicted molar refractivity (Wildman–Crippen MR) is 107 cm³/mol.